The lowest BCUT2D eigenvalue weighted by Gasteiger charge is -2.12. The lowest BCUT2D eigenvalue weighted by atomic mass is 10.2. The lowest BCUT2D eigenvalue weighted by Crippen LogP contribution is -2.47. The number of hydrogen-bond donors (Lipinski definition) is 3. The quantitative estimate of drug-likeness (QED) is 0.415. The molecule has 5 heteroatoms. The van der Waals surface area contributed by atoms with Gasteiger partial charge in [-0.25, -0.2) is 0 Å². The highest BCUT2D eigenvalue weighted by molar-refractivity contribution is 5.83. The summed E-state index contributed by atoms with van der Waals surface area (Å²) >= 11 is 0. The molecule has 0 aromatic rings. The molecule has 0 saturated carbocycles. The molecule has 0 radical (unpaired) electrons. The van der Waals surface area contributed by atoms with E-state index in [1.165, 1.54) is 6.92 Å². The van der Waals surface area contributed by atoms with Gasteiger partial charge in [0.2, 0.25) is 5.91 Å². The van der Waals surface area contributed by atoms with E-state index < -0.39 is 18.1 Å². The molecule has 0 fully saturated rings. The maximum Gasteiger partial charge on any atom is 0.239 e. The minimum atomic E-state index is -0.963. The molecule has 0 aromatic heterocycles. The zero-order valence-electron chi connectivity index (χ0n) is 6.28. The third-order valence-electron chi connectivity index (χ3n) is 1.18. The molecule has 1 amide bonds. The van der Waals surface area contributed by atoms with Crippen molar-refractivity contribution >= 4 is 12.2 Å². The molecule has 0 aliphatic rings. The van der Waals surface area contributed by atoms with Gasteiger partial charge in [0.1, 0.15) is 12.3 Å². The molecule has 5 nitrogen and oxygen atoms in total. The topological polar surface area (TPSA) is 92.4 Å². The third kappa shape index (κ3) is 3.69. The lowest BCUT2D eigenvalue weighted by molar-refractivity contribution is -0.125. The van der Waals surface area contributed by atoms with E-state index in [0.29, 0.717) is 6.29 Å². The molecular formula is C6H12N2O3. The summed E-state index contributed by atoms with van der Waals surface area (Å²) in [5, 5.41) is 11.0. The molecule has 0 spiro atoms. The molecule has 4 N–H and O–H groups in total. The number of rotatable bonds is 4. The molecule has 0 aliphatic heterocycles. The van der Waals surface area contributed by atoms with E-state index in [1.54, 1.807) is 0 Å². The van der Waals surface area contributed by atoms with Crippen molar-refractivity contribution in [1.29, 1.82) is 0 Å². The Balaban J connectivity index is 3.73. The van der Waals surface area contributed by atoms with Gasteiger partial charge in [0, 0.05) is 0 Å². The van der Waals surface area contributed by atoms with Crippen molar-refractivity contribution in [1.82, 2.24) is 5.32 Å². The van der Waals surface area contributed by atoms with E-state index in [1.807, 2.05) is 0 Å². The van der Waals surface area contributed by atoms with Gasteiger partial charge in [-0.3, -0.25) is 4.79 Å². The summed E-state index contributed by atoms with van der Waals surface area (Å²) in [6.07, 6.45) is -0.353. The number of aliphatic hydroxyl groups is 1. The first-order valence-electron chi connectivity index (χ1n) is 3.24. The Morgan fingerprint density at radius 3 is 2.73 bits per heavy atom. The number of aliphatic hydroxyl groups excluding tert-OH is 1. The first-order valence-corrected chi connectivity index (χ1v) is 3.24. The van der Waals surface area contributed by atoms with E-state index in [9.17, 15) is 9.59 Å². The van der Waals surface area contributed by atoms with Crippen LogP contribution in [0.5, 0.6) is 0 Å². The van der Waals surface area contributed by atoms with Crippen molar-refractivity contribution in [3.63, 3.8) is 0 Å². The highest BCUT2D eigenvalue weighted by Gasteiger charge is 2.17. The van der Waals surface area contributed by atoms with Gasteiger partial charge in [0.15, 0.2) is 0 Å². The van der Waals surface area contributed by atoms with Crippen LogP contribution in [0.1, 0.15) is 6.92 Å². The van der Waals surface area contributed by atoms with Gasteiger partial charge in [-0.2, -0.15) is 0 Å². The van der Waals surface area contributed by atoms with E-state index in [2.05, 4.69) is 5.32 Å². The number of nitrogens with one attached hydrogen (secondary N) is 1. The molecule has 64 valence electrons. The van der Waals surface area contributed by atoms with Crippen LogP contribution in [0.15, 0.2) is 0 Å². The standard InChI is InChI=1S/C6H12N2O3/c1-4(10)5(7)6(11)8-2-3-9/h3-5,10H,2,7H2,1H3,(H,8,11)/t4-,5+/m0/s1. The third-order valence-corrected chi connectivity index (χ3v) is 1.18. The molecule has 11 heavy (non-hydrogen) atoms. The predicted octanol–water partition coefficient (Wildman–Crippen LogP) is -1.99. The first kappa shape index (κ1) is 10.1. The van der Waals surface area contributed by atoms with Crippen LogP contribution < -0.4 is 11.1 Å². The van der Waals surface area contributed by atoms with Crippen LogP contribution in [0.3, 0.4) is 0 Å². The second-order valence-corrected chi connectivity index (χ2v) is 2.18. The molecular weight excluding hydrogens is 148 g/mol. The van der Waals surface area contributed by atoms with Crippen LogP contribution in [-0.2, 0) is 9.59 Å². The fourth-order valence-electron chi connectivity index (χ4n) is 0.479. The zero-order chi connectivity index (χ0) is 8.85. The van der Waals surface area contributed by atoms with Crippen molar-refractivity contribution in [2.45, 2.75) is 19.1 Å². The Morgan fingerprint density at radius 2 is 2.36 bits per heavy atom. The Morgan fingerprint density at radius 1 is 1.82 bits per heavy atom. The Bertz CT molecular complexity index is 147. The van der Waals surface area contributed by atoms with E-state index in [4.69, 9.17) is 10.8 Å². The van der Waals surface area contributed by atoms with Gasteiger partial charge >= 0.3 is 0 Å². The van der Waals surface area contributed by atoms with Gasteiger partial charge in [0.25, 0.3) is 0 Å². The fourth-order valence-corrected chi connectivity index (χ4v) is 0.479. The van der Waals surface area contributed by atoms with Gasteiger partial charge in [-0.15, -0.1) is 0 Å². The normalized spacial score (nSPS) is 15.2. The minimum Gasteiger partial charge on any atom is -0.391 e. The highest BCUT2D eigenvalue weighted by atomic mass is 16.3. The number of carbonyl (C=O) groups excluding carboxylic acids is 2. The number of hydrogen-bond acceptors (Lipinski definition) is 4. The summed E-state index contributed by atoms with van der Waals surface area (Å²) in [6.45, 7) is 1.34. The van der Waals surface area contributed by atoms with Gasteiger partial charge < -0.3 is 21.0 Å². The first-order chi connectivity index (χ1) is 5.09. The van der Waals surface area contributed by atoms with Crippen LogP contribution in [-0.4, -0.2) is 36.0 Å². The fraction of sp³-hybridized carbons (Fsp3) is 0.667. The highest BCUT2D eigenvalue weighted by Crippen LogP contribution is 1.86. The SMILES string of the molecule is C[C@H](O)[C@@H](N)C(=O)NCC=O. The maximum absolute atomic E-state index is 10.8. The summed E-state index contributed by atoms with van der Waals surface area (Å²) in [6, 6.07) is -0.963. The monoisotopic (exact) mass is 160 g/mol. The van der Waals surface area contributed by atoms with Gasteiger partial charge in [-0.1, -0.05) is 0 Å². The summed E-state index contributed by atoms with van der Waals surface area (Å²) < 4.78 is 0. The molecule has 0 unspecified atom stereocenters. The number of nitrogens with two attached hydrogens (primary N) is 1. The molecule has 0 bridgehead atoms. The Hall–Kier alpha value is -0.940. The second-order valence-electron chi connectivity index (χ2n) is 2.18. The molecule has 0 heterocycles. The molecule has 0 aliphatic carbocycles. The number of carbonyl (C=O) groups is 2. The smallest absolute Gasteiger partial charge is 0.239 e. The van der Waals surface area contributed by atoms with Crippen molar-refractivity contribution in [2.24, 2.45) is 5.73 Å². The van der Waals surface area contributed by atoms with Crippen LogP contribution in [0.2, 0.25) is 0 Å². The van der Waals surface area contributed by atoms with Gasteiger partial charge in [-0.05, 0) is 6.92 Å². The molecule has 0 rings (SSSR count). The van der Waals surface area contributed by atoms with E-state index >= 15 is 0 Å². The number of aldehydes is 1. The minimum absolute atomic E-state index is 0.0702. The van der Waals surface area contributed by atoms with Crippen molar-refractivity contribution in [3.8, 4) is 0 Å². The van der Waals surface area contributed by atoms with Crippen LogP contribution in [0, 0.1) is 0 Å². The number of amides is 1. The van der Waals surface area contributed by atoms with Gasteiger partial charge in [0.05, 0.1) is 12.6 Å². The summed E-state index contributed by atoms with van der Waals surface area (Å²) in [5.74, 6) is -0.521. The molecule has 2 atom stereocenters. The summed E-state index contributed by atoms with van der Waals surface area (Å²) in [5.41, 5.74) is 5.22. The van der Waals surface area contributed by atoms with Crippen molar-refractivity contribution in [2.75, 3.05) is 6.54 Å². The Labute approximate surface area is 64.6 Å². The Kier molecular flexibility index (Phi) is 4.40. The maximum atomic E-state index is 10.8. The average Bonchev–Trinajstić information content (AvgIpc) is 1.98. The largest absolute Gasteiger partial charge is 0.391 e. The second kappa shape index (κ2) is 4.81. The van der Waals surface area contributed by atoms with Crippen LogP contribution in [0.25, 0.3) is 0 Å². The van der Waals surface area contributed by atoms with E-state index in [-0.39, 0.29) is 6.54 Å². The molecule has 0 saturated heterocycles. The van der Waals surface area contributed by atoms with Crippen molar-refractivity contribution in [3.05, 3.63) is 0 Å². The average molecular weight is 160 g/mol. The predicted molar refractivity (Wildman–Crippen MR) is 38.7 cm³/mol. The van der Waals surface area contributed by atoms with E-state index in [0.717, 1.165) is 0 Å². The van der Waals surface area contributed by atoms with Crippen LogP contribution >= 0.6 is 0 Å². The zero-order valence-corrected chi connectivity index (χ0v) is 6.28. The van der Waals surface area contributed by atoms with Crippen molar-refractivity contribution < 1.29 is 14.7 Å². The molecule has 0 aromatic carbocycles. The summed E-state index contributed by atoms with van der Waals surface area (Å²) in [7, 11) is 0. The summed E-state index contributed by atoms with van der Waals surface area (Å²) in [4.78, 5) is 20.6. The van der Waals surface area contributed by atoms with Crippen LogP contribution in [0.4, 0.5) is 0 Å².